The number of anilines is 1. The molecule has 0 saturated heterocycles. The standard InChI is InChI=1S/C14H14ClNO4/c15-8-5-6-12(17)11(7-8)16-13(18)9-3-1-2-4-10(9)14(19)20/h1-2,5-7,9-10,17H,3-4H2,(H,16,18)(H,19,20). The molecule has 0 bridgehead atoms. The number of phenols is 1. The number of aromatic hydroxyl groups is 1. The Hall–Kier alpha value is -2.01. The first-order valence-electron chi connectivity index (χ1n) is 6.16. The second kappa shape index (κ2) is 5.96. The van der Waals surface area contributed by atoms with E-state index in [2.05, 4.69) is 5.32 Å². The number of benzene rings is 1. The van der Waals surface area contributed by atoms with E-state index in [1.807, 2.05) is 0 Å². The highest BCUT2D eigenvalue weighted by Crippen LogP contribution is 2.30. The summed E-state index contributed by atoms with van der Waals surface area (Å²) in [5.41, 5.74) is 0.182. The van der Waals surface area contributed by atoms with E-state index in [1.54, 1.807) is 12.2 Å². The van der Waals surface area contributed by atoms with E-state index in [4.69, 9.17) is 16.7 Å². The number of carboxylic acids is 1. The van der Waals surface area contributed by atoms with Crippen LogP contribution in [-0.4, -0.2) is 22.1 Å². The van der Waals surface area contributed by atoms with E-state index >= 15 is 0 Å². The van der Waals surface area contributed by atoms with Crippen LogP contribution in [0.1, 0.15) is 12.8 Å². The van der Waals surface area contributed by atoms with Crippen LogP contribution in [0.2, 0.25) is 5.02 Å². The maximum atomic E-state index is 12.2. The van der Waals surface area contributed by atoms with Crippen LogP contribution in [0.3, 0.4) is 0 Å². The van der Waals surface area contributed by atoms with Gasteiger partial charge in [-0.2, -0.15) is 0 Å². The van der Waals surface area contributed by atoms with Gasteiger partial charge < -0.3 is 15.5 Å². The molecule has 0 fully saturated rings. The average molecular weight is 296 g/mol. The summed E-state index contributed by atoms with van der Waals surface area (Å²) in [5.74, 6) is -2.94. The summed E-state index contributed by atoms with van der Waals surface area (Å²) in [4.78, 5) is 23.3. The van der Waals surface area contributed by atoms with E-state index in [0.29, 0.717) is 17.9 Å². The van der Waals surface area contributed by atoms with Gasteiger partial charge in [0.1, 0.15) is 5.75 Å². The zero-order chi connectivity index (χ0) is 14.7. The van der Waals surface area contributed by atoms with Crippen molar-refractivity contribution in [3.05, 3.63) is 35.4 Å². The van der Waals surface area contributed by atoms with Gasteiger partial charge in [0.05, 0.1) is 17.5 Å². The molecule has 0 radical (unpaired) electrons. The summed E-state index contributed by atoms with van der Waals surface area (Å²) in [5, 5.41) is 21.7. The normalized spacial score (nSPS) is 21.4. The minimum absolute atomic E-state index is 0.110. The van der Waals surface area contributed by atoms with Crippen LogP contribution >= 0.6 is 11.6 Å². The van der Waals surface area contributed by atoms with Gasteiger partial charge >= 0.3 is 5.97 Å². The molecule has 0 heterocycles. The lowest BCUT2D eigenvalue weighted by Gasteiger charge is -2.24. The fourth-order valence-electron chi connectivity index (χ4n) is 2.21. The number of amides is 1. The number of hydrogen-bond donors (Lipinski definition) is 3. The summed E-state index contributed by atoms with van der Waals surface area (Å²) in [6.45, 7) is 0. The molecule has 0 aromatic heterocycles. The highest BCUT2D eigenvalue weighted by atomic mass is 35.5. The summed E-state index contributed by atoms with van der Waals surface area (Å²) in [7, 11) is 0. The maximum Gasteiger partial charge on any atom is 0.307 e. The van der Waals surface area contributed by atoms with Crippen LogP contribution in [0.25, 0.3) is 0 Å². The summed E-state index contributed by atoms with van der Waals surface area (Å²) < 4.78 is 0. The molecule has 0 spiro atoms. The lowest BCUT2D eigenvalue weighted by Crippen LogP contribution is -2.34. The van der Waals surface area contributed by atoms with Crippen molar-refractivity contribution in [2.45, 2.75) is 12.8 Å². The average Bonchev–Trinajstić information content (AvgIpc) is 2.42. The fraction of sp³-hybridized carbons (Fsp3) is 0.286. The molecule has 0 saturated carbocycles. The van der Waals surface area contributed by atoms with Crippen LogP contribution in [-0.2, 0) is 9.59 Å². The van der Waals surface area contributed by atoms with Crippen LogP contribution < -0.4 is 5.32 Å². The molecule has 1 aromatic carbocycles. The quantitative estimate of drug-likeness (QED) is 0.591. The number of carbonyl (C=O) groups excluding carboxylic acids is 1. The number of carboxylic acid groups (broad SMARTS) is 1. The Labute approximate surface area is 120 Å². The SMILES string of the molecule is O=C(O)C1CC=CCC1C(=O)Nc1cc(Cl)ccc1O. The third-order valence-electron chi connectivity index (χ3n) is 3.30. The minimum Gasteiger partial charge on any atom is -0.506 e. The number of nitrogens with one attached hydrogen (secondary N) is 1. The van der Waals surface area contributed by atoms with Crippen molar-refractivity contribution in [1.82, 2.24) is 0 Å². The van der Waals surface area contributed by atoms with Crippen molar-refractivity contribution in [2.75, 3.05) is 5.32 Å². The van der Waals surface area contributed by atoms with E-state index in [9.17, 15) is 14.7 Å². The molecule has 6 heteroatoms. The number of carbonyl (C=O) groups is 2. The molecule has 2 rings (SSSR count). The van der Waals surface area contributed by atoms with Gasteiger partial charge in [-0.1, -0.05) is 23.8 Å². The Kier molecular flexibility index (Phi) is 4.29. The van der Waals surface area contributed by atoms with Crippen LogP contribution in [0.15, 0.2) is 30.4 Å². The Morgan fingerprint density at radius 3 is 2.50 bits per heavy atom. The highest BCUT2D eigenvalue weighted by molar-refractivity contribution is 6.31. The zero-order valence-corrected chi connectivity index (χ0v) is 11.3. The monoisotopic (exact) mass is 295 g/mol. The molecule has 1 aromatic rings. The van der Waals surface area contributed by atoms with Gasteiger partial charge in [0.25, 0.3) is 0 Å². The van der Waals surface area contributed by atoms with Crippen molar-refractivity contribution in [2.24, 2.45) is 11.8 Å². The zero-order valence-electron chi connectivity index (χ0n) is 10.5. The molecular weight excluding hydrogens is 282 g/mol. The van der Waals surface area contributed by atoms with E-state index in [0.717, 1.165) is 0 Å². The third kappa shape index (κ3) is 3.11. The van der Waals surface area contributed by atoms with Crippen molar-refractivity contribution in [1.29, 1.82) is 0 Å². The molecule has 106 valence electrons. The van der Waals surface area contributed by atoms with E-state index in [-0.39, 0.29) is 11.4 Å². The number of phenolic OH excluding ortho intramolecular Hbond substituents is 1. The minimum atomic E-state index is -0.996. The van der Waals surface area contributed by atoms with Gasteiger partial charge in [-0.25, -0.2) is 0 Å². The molecule has 2 atom stereocenters. The molecule has 1 aliphatic rings. The van der Waals surface area contributed by atoms with Gasteiger partial charge in [0.2, 0.25) is 5.91 Å². The smallest absolute Gasteiger partial charge is 0.307 e. The Morgan fingerprint density at radius 1 is 1.20 bits per heavy atom. The maximum absolute atomic E-state index is 12.2. The van der Waals surface area contributed by atoms with E-state index < -0.39 is 23.7 Å². The number of aliphatic carboxylic acids is 1. The molecule has 5 nitrogen and oxygen atoms in total. The summed E-state index contributed by atoms with van der Waals surface area (Å²) in [6, 6.07) is 4.28. The summed E-state index contributed by atoms with van der Waals surface area (Å²) >= 11 is 5.80. The molecule has 1 amide bonds. The molecule has 1 aliphatic carbocycles. The van der Waals surface area contributed by atoms with Gasteiger partial charge in [0.15, 0.2) is 0 Å². The molecule has 3 N–H and O–H groups in total. The van der Waals surface area contributed by atoms with Crippen LogP contribution in [0, 0.1) is 11.8 Å². The second-order valence-corrected chi connectivity index (χ2v) is 5.08. The van der Waals surface area contributed by atoms with Crippen LogP contribution in [0.5, 0.6) is 5.75 Å². The predicted octanol–water partition coefficient (Wildman–Crippen LogP) is 2.65. The molecular formula is C14H14ClNO4. The van der Waals surface area contributed by atoms with Crippen molar-refractivity contribution < 1.29 is 19.8 Å². The topological polar surface area (TPSA) is 86.6 Å². The molecule has 20 heavy (non-hydrogen) atoms. The number of halogens is 1. The first-order valence-corrected chi connectivity index (χ1v) is 6.54. The number of allylic oxidation sites excluding steroid dienone is 2. The molecule has 2 unspecified atom stereocenters. The Balaban J connectivity index is 2.16. The largest absolute Gasteiger partial charge is 0.506 e. The third-order valence-corrected chi connectivity index (χ3v) is 3.54. The van der Waals surface area contributed by atoms with Crippen molar-refractivity contribution in [3.63, 3.8) is 0 Å². The lowest BCUT2D eigenvalue weighted by atomic mass is 9.82. The first-order chi connectivity index (χ1) is 9.49. The first kappa shape index (κ1) is 14.4. The Bertz CT molecular complexity index is 570. The predicted molar refractivity (Wildman–Crippen MR) is 74.7 cm³/mol. The van der Waals surface area contributed by atoms with Gasteiger partial charge in [-0.05, 0) is 31.0 Å². The Morgan fingerprint density at radius 2 is 1.85 bits per heavy atom. The van der Waals surface area contributed by atoms with Crippen molar-refractivity contribution in [3.8, 4) is 5.75 Å². The highest BCUT2D eigenvalue weighted by Gasteiger charge is 2.34. The number of rotatable bonds is 3. The van der Waals surface area contributed by atoms with Gasteiger partial charge in [0, 0.05) is 5.02 Å². The van der Waals surface area contributed by atoms with Gasteiger partial charge in [-0.3, -0.25) is 9.59 Å². The second-order valence-electron chi connectivity index (χ2n) is 4.64. The fourth-order valence-corrected chi connectivity index (χ4v) is 2.38. The van der Waals surface area contributed by atoms with Crippen LogP contribution in [0.4, 0.5) is 5.69 Å². The van der Waals surface area contributed by atoms with E-state index in [1.165, 1.54) is 18.2 Å². The summed E-state index contributed by atoms with van der Waals surface area (Å²) in [6.07, 6.45) is 4.25. The van der Waals surface area contributed by atoms with Crippen molar-refractivity contribution >= 4 is 29.2 Å². The number of hydrogen-bond acceptors (Lipinski definition) is 3. The van der Waals surface area contributed by atoms with Gasteiger partial charge in [-0.15, -0.1) is 0 Å². The lowest BCUT2D eigenvalue weighted by molar-refractivity contribution is -0.146. The molecule has 0 aliphatic heterocycles.